The van der Waals surface area contributed by atoms with E-state index in [0.717, 1.165) is 34.7 Å². The van der Waals surface area contributed by atoms with Crippen molar-refractivity contribution in [2.75, 3.05) is 29.5 Å². The quantitative estimate of drug-likeness (QED) is 0.578. The first-order valence-corrected chi connectivity index (χ1v) is 9.34. The molecule has 0 saturated heterocycles. The SMILES string of the molecule is Cc1cccc(C)c1OCCCN1C(=O)C(C)CN(C=O)c2ccccc21. The van der Waals surface area contributed by atoms with Crippen LogP contribution in [0.4, 0.5) is 11.4 Å². The molecule has 5 heteroatoms. The molecule has 2 amide bonds. The highest BCUT2D eigenvalue weighted by Gasteiger charge is 2.30. The van der Waals surface area contributed by atoms with Crippen molar-refractivity contribution in [2.24, 2.45) is 5.92 Å². The van der Waals surface area contributed by atoms with Crippen LogP contribution in [-0.4, -0.2) is 32.0 Å². The van der Waals surface area contributed by atoms with Crippen LogP contribution in [0.15, 0.2) is 42.5 Å². The van der Waals surface area contributed by atoms with Crippen molar-refractivity contribution in [1.82, 2.24) is 0 Å². The normalized spacial score (nSPS) is 16.7. The number of carbonyl (C=O) groups excluding carboxylic acids is 2. The minimum atomic E-state index is -0.248. The maximum absolute atomic E-state index is 12.9. The number of nitrogens with zero attached hydrogens (tertiary/aromatic N) is 2. The number of amides is 2. The number of fused-ring (bicyclic) bond motifs is 1. The van der Waals surface area contributed by atoms with Crippen molar-refractivity contribution < 1.29 is 14.3 Å². The van der Waals surface area contributed by atoms with Gasteiger partial charge >= 0.3 is 0 Å². The average molecular weight is 366 g/mol. The van der Waals surface area contributed by atoms with Gasteiger partial charge in [0.2, 0.25) is 12.3 Å². The monoisotopic (exact) mass is 366 g/mol. The molecular weight excluding hydrogens is 340 g/mol. The molecule has 1 unspecified atom stereocenters. The Hall–Kier alpha value is -2.82. The van der Waals surface area contributed by atoms with E-state index in [1.165, 1.54) is 0 Å². The molecule has 0 fully saturated rings. The zero-order chi connectivity index (χ0) is 19.4. The maximum Gasteiger partial charge on any atom is 0.231 e. The average Bonchev–Trinajstić information content (AvgIpc) is 2.76. The topological polar surface area (TPSA) is 49.9 Å². The van der Waals surface area contributed by atoms with E-state index in [1.54, 1.807) is 9.80 Å². The molecule has 0 aliphatic carbocycles. The fraction of sp³-hybridized carbons (Fsp3) is 0.364. The van der Waals surface area contributed by atoms with Gasteiger partial charge in [-0.1, -0.05) is 37.3 Å². The predicted octanol–water partition coefficient (Wildman–Crippen LogP) is 3.72. The van der Waals surface area contributed by atoms with Crippen LogP contribution in [0, 0.1) is 19.8 Å². The van der Waals surface area contributed by atoms with E-state index in [-0.39, 0.29) is 11.8 Å². The maximum atomic E-state index is 12.9. The number of anilines is 2. The molecule has 3 rings (SSSR count). The van der Waals surface area contributed by atoms with E-state index in [4.69, 9.17) is 4.74 Å². The molecule has 27 heavy (non-hydrogen) atoms. The Morgan fingerprint density at radius 3 is 2.41 bits per heavy atom. The van der Waals surface area contributed by atoms with Crippen LogP contribution in [0.25, 0.3) is 0 Å². The minimum Gasteiger partial charge on any atom is -0.493 e. The van der Waals surface area contributed by atoms with Gasteiger partial charge in [-0.05, 0) is 43.5 Å². The van der Waals surface area contributed by atoms with Gasteiger partial charge in [0.05, 0.1) is 23.9 Å². The number of para-hydroxylation sites is 3. The molecule has 2 aromatic rings. The fourth-order valence-electron chi connectivity index (χ4n) is 3.55. The van der Waals surface area contributed by atoms with Crippen LogP contribution in [0.2, 0.25) is 0 Å². The summed E-state index contributed by atoms with van der Waals surface area (Å²) in [7, 11) is 0. The van der Waals surface area contributed by atoms with Crippen molar-refractivity contribution in [3.8, 4) is 5.75 Å². The number of benzene rings is 2. The third kappa shape index (κ3) is 3.97. The molecular formula is C22H26N2O3. The molecule has 1 heterocycles. The molecule has 142 valence electrons. The lowest BCUT2D eigenvalue weighted by atomic mass is 10.1. The van der Waals surface area contributed by atoms with E-state index in [1.807, 2.05) is 63.2 Å². The van der Waals surface area contributed by atoms with Crippen LogP contribution in [0.1, 0.15) is 24.5 Å². The zero-order valence-corrected chi connectivity index (χ0v) is 16.1. The lowest BCUT2D eigenvalue weighted by molar-refractivity contribution is -0.121. The van der Waals surface area contributed by atoms with E-state index in [0.29, 0.717) is 26.1 Å². The van der Waals surface area contributed by atoms with Crippen LogP contribution >= 0.6 is 0 Å². The second kappa shape index (κ2) is 8.25. The Bertz CT molecular complexity index is 814. The molecule has 0 spiro atoms. The van der Waals surface area contributed by atoms with E-state index >= 15 is 0 Å². The number of ether oxygens (including phenoxy) is 1. The number of hydrogen-bond acceptors (Lipinski definition) is 3. The highest BCUT2D eigenvalue weighted by atomic mass is 16.5. The molecule has 2 aromatic carbocycles. The number of carbonyl (C=O) groups is 2. The van der Waals surface area contributed by atoms with Crippen LogP contribution in [0.3, 0.4) is 0 Å². The second-order valence-corrected chi connectivity index (χ2v) is 7.06. The smallest absolute Gasteiger partial charge is 0.231 e. The van der Waals surface area contributed by atoms with Gasteiger partial charge in [-0.3, -0.25) is 9.59 Å². The largest absolute Gasteiger partial charge is 0.493 e. The molecule has 0 radical (unpaired) electrons. The fourth-order valence-corrected chi connectivity index (χ4v) is 3.55. The van der Waals surface area contributed by atoms with Gasteiger partial charge in [-0.2, -0.15) is 0 Å². The van der Waals surface area contributed by atoms with Crippen LogP contribution in [0.5, 0.6) is 5.75 Å². The first-order chi connectivity index (χ1) is 13.0. The van der Waals surface area contributed by atoms with Gasteiger partial charge in [0.25, 0.3) is 0 Å². The standard InChI is InChI=1S/C22H26N2O3/c1-16-8-6-9-17(2)21(16)27-13-7-12-24-20-11-5-4-10-19(20)23(15-25)14-18(3)22(24)26/h4-6,8-11,15,18H,7,12-14H2,1-3H3. The molecule has 1 atom stereocenters. The predicted molar refractivity (Wildman–Crippen MR) is 107 cm³/mol. The van der Waals surface area contributed by atoms with Gasteiger partial charge in [0.15, 0.2) is 0 Å². The lowest BCUT2D eigenvalue weighted by Gasteiger charge is -2.24. The Morgan fingerprint density at radius 2 is 1.74 bits per heavy atom. The highest BCUT2D eigenvalue weighted by Crippen LogP contribution is 2.33. The molecule has 5 nitrogen and oxygen atoms in total. The Labute approximate surface area is 160 Å². The first kappa shape index (κ1) is 19.0. The Balaban J connectivity index is 1.73. The summed E-state index contributed by atoms with van der Waals surface area (Å²) < 4.78 is 5.98. The molecule has 0 aromatic heterocycles. The first-order valence-electron chi connectivity index (χ1n) is 9.34. The summed E-state index contributed by atoms with van der Waals surface area (Å²) in [6, 6.07) is 13.6. The van der Waals surface area contributed by atoms with Crippen molar-refractivity contribution in [2.45, 2.75) is 27.2 Å². The number of hydrogen-bond donors (Lipinski definition) is 0. The van der Waals surface area contributed by atoms with Gasteiger partial charge < -0.3 is 14.5 Å². The van der Waals surface area contributed by atoms with Crippen molar-refractivity contribution in [3.05, 3.63) is 53.6 Å². The molecule has 0 saturated carbocycles. The molecule has 1 aliphatic rings. The summed E-state index contributed by atoms with van der Waals surface area (Å²) in [4.78, 5) is 27.8. The third-order valence-electron chi connectivity index (χ3n) is 4.95. The van der Waals surface area contributed by atoms with Crippen molar-refractivity contribution in [1.29, 1.82) is 0 Å². The number of aryl methyl sites for hydroxylation is 2. The second-order valence-electron chi connectivity index (χ2n) is 7.06. The summed E-state index contributed by atoms with van der Waals surface area (Å²) in [6.07, 6.45) is 1.51. The van der Waals surface area contributed by atoms with Gasteiger partial charge in [0, 0.05) is 13.1 Å². The Morgan fingerprint density at radius 1 is 1.07 bits per heavy atom. The van der Waals surface area contributed by atoms with Crippen LogP contribution < -0.4 is 14.5 Å². The summed E-state index contributed by atoms with van der Waals surface area (Å²) in [5.74, 6) is 0.710. The molecule has 1 aliphatic heterocycles. The summed E-state index contributed by atoms with van der Waals surface area (Å²) in [5.41, 5.74) is 3.79. The Kier molecular flexibility index (Phi) is 5.79. The zero-order valence-electron chi connectivity index (χ0n) is 16.1. The van der Waals surface area contributed by atoms with E-state index in [2.05, 4.69) is 0 Å². The summed E-state index contributed by atoms with van der Waals surface area (Å²) in [5, 5.41) is 0. The molecule has 0 N–H and O–H groups in total. The van der Waals surface area contributed by atoms with Gasteiger partial charge in [0.1, 0.15) is 5.75 Å². The van der Waals surface area contributed by atoms with Crippen molar-refractivity contribution in [3.63, 3.8) is 0 Å². The minimum absolute atomic E-state index is 0.0406. The van der Waals surface area contributed by atoms with Crippen LogP contribution in [-0.2, 0) is 9.59 Å². The van der Waals surface area contributed by atoms with E-state index in [9.17, 15) is 9.59 Å². The summed E-state index contributed by atoms with van der Waals surface area (Å²) >= 11 is 0. The van der Waals surface area contributed by atoms with Gasteiger partial charge in [-0.25, -0.2) is 0 Å². The van der Waals surface area contributed by atoms with E-state index < -0.39 is 0 Å². The van der Waals surface area contributed by atoms with Gasteiger partial charge in [-0.15, -0.1) is 0 Å². The van der Waals surface area contributed by atoms with Crippen molar-refractivity contribution >= 4 is 23.7 Å². The lowest BCUT2D eigenvalue weighted by Crippen LogP contribution is -2.37. The highest BCUT2D eigenvalue weighted by molar-refractivity contribution is 6.02. The number of rotatable bonds is 6. The molecule has 0 bridgehead atoms. The third-order valence-corrected chi connectivity index (χ3v) is 4.95. The summed E-state index contributed by atoms with van der Waals surface area (Å²) in [6.45, 7) is 7.42.